The Balaban J connectivity index is 1.53. The van der Waals surface area contributed by atoms with Crippen LogP contribution in [-0.4, -0.2) is 64.7 Å². The van der Waals surface area contributed by atoms with Crippen molar-refractivity contribution in [3.05, 3.63) is 47.1 Å². The summed E-state index contributed by atoms with van der Waals surface area (Å²) in [5.74, 6) is 1.03. The molecule has 0 bridgehead atoms. The lowest BCUT2D eigenvalue weighted by molar-refractivity contribution is -0.142. The third kappa shape index (κ3) is 7.33. The average molecular weight is 490 g/mol. The normalized spacial score (nSPS) is 16.6. The average Bonchev–Trinajstić information content (AvgIpc) is 2.77. The van der Waals surface area contributed by atoms with E-state index in [0.29, 0.717) is 36.5 Å². The Bertz CT molecular complexity index is 967. The Labute approximate surface area is 205 Å². The molecule has 2 aromatic rings. The number of benzene rings is 1. The Morgan fingerprint density at radius 1 is 1.18 bits per heavy atom. The van der Waals surface area contributed by atoms with Crippen molar-refractivity contribution in [3.8, 4) is 0 Å². The van der Waals surface area contributed by atoms with Gasteiger partial charge in [0.15, 0.2) is 5.16 Å². The smallest absolute Gasteiger partial charge is 0.230 e. The molecule has 1 atom stereocenters. The van der Waals surface area contributed by atoms with Crippen molar-refractivity contribution in [2.45, 2.75) is 45.3 Å². The lowest BCUT2D eigenvalue weighted by atomic mass is 9.93. The second kappa shape index (κ2) is 11.2. The largest absolute Gasteiger partial charge is 0.355 e. The van der Waals surface area contributed by atoms with Crippen LogP contribution >= 0.6 is 23.4 Å². The zero-order valence-electron chi connectivity index (χ0n) is 19.7. The quantitative estimate of drug-likeness (QED) is 0.363. The van der Waals surface area contributed by atoms with Crippen LogP contribution in [0.25, 0.3) is 0 Å². The van der Waals surface area contributed by atoms with Gasteiger partial charge in [-0.2, -0.15) is 0 Å². The molecule has 2 amide bonds. The number of carbonyl (C=O) groups is 2. The highest BCUT2D eigenvalue weighted by molar-refractivity contribution is 7.99. The Morgan fingerprint density at radius 3 is 2.58 bits per heavy atom. The number of nitrogens with zero attached hydrogens (tertiary/aromatic N) is 4. The van der Waals surface area contributed by atoms with Crippen LogP contribution in [0.3, 0.4) is 0 Å². The van der Waals surface area contributed by atoms with Crippen LogP contribution in [0.5, 0.6) is 0 Å². The minimum atomic E-state index is -0.403. The predicted octanol–water partition coefficient (Wildman–Crippen LogP) is 3.66. The second-order valence-corrected chi connectivity index (χ2v) is 10.6. The topological polar surface area (TPSA) is 78.4 Å². The fourth-order valence-electron chi connectivity index (χ4n) is 3.68. The number of amides is 2. The molecule has 1 aromatic heterocycles. The maximum atomic E-state index is 12.7. The van der Waals surface area contributed by atoms with E-state index in [1.807, 2.05) is 62.9 Å². The van der Waals surface area contributed by atoms with E-state index >= 15 is 0 Å². The van der Waals surface area contributed by atoms with Gasteiger partial charge in [-0.15, -0.1) is 0 Å². The summed E-state index contributed by atoms with van der Waals surface area (Å²) in [5.41, 5.74) is 0.784. The van der Waals surface area contributed by atoms with Crippen molar-refractivity contribution in [3.63, 3.8) is 0 Å². The highest BCUT2D eigenvalue weighted by atomic mass is 35.5. The van der Waals surface area contributed by atoms with Crippen LogP contribution in [0, 0.1) is 5.41 Å². The summed E-state index contributed by atoms with van der Waals surface area (Å²) in [6, 6.07) is 11.8. The van der Waals surface area contributed by atoms with E-state index in [0.717, 1.165) is 12.2 Å². The lowest BCUT2D eigenvalue weighted by Gasteiger charge is -2.42. The van der Waals surface area contributed by atoms with Gasteiger partial charge in [-0.25, -0.2) is 9.97 Å². The van der Waals surface area contributed by atoms with Gasteiger partial charge in [0.05, 0.1) is 5.75 Å². The monoisotopic (exact) mass is 489 g/mol. The molecule has 9 heteroatoms. The summed E-state index contributed by atoms with van der Waals surface area (Å²) in [5, 5.41) is 3.74. The molecule has 1 aromatic carbocycles. The van der Waals surface area contributed by atoms with E-state index < -0.39 is 5.41 Å². The third-order valence-electron chi connectivity index (χ3n) is 5.43. The number of nitrogens with one attached hydrogen (secondary N) is 1. The first-order valence-corrected chi connectivity index (χ1v) is 12.5. The fraction of sp³-hybridized carbons (Fsp3) is 0.500. The molecule has 1 unspecified atom stereocenters. The van der Waals surface area contributed by atoms with Crippen LogP contribution in [0.15, 0.2) is 41.6 Å². The van der Waals surface area contributed by atoms with E-state index in [-0.39, 0.29) is 23.6 Å². The number of halogens is 1. The number of piperazine rings is 1. The summed E-state index contributed by atoms with van der Waals surface area (Å²) >= 11 is 7.52. The molecule has 7 nitrogen and oxygen atoms in total. The van der Waals surface area contributed by atoms with Gasteiger partial charge < -0.3 is 15.1 Å². The van der Waals surface area contributed by atoms with E-state index in [2.05, 4.69) is 20.2 Å². The zero-order valence-corrected chi connectivity index (χ0v) is 21.2. The van der Waals surface area contributed by atoms with Crippen molar-refractivity contribution in [1.29, 1.82) is 0 Å². The first kappa shape index (κ1) is 25.3. The van der Waals surface area contributed by atoms with Crippen LogP contribution < -0.4 is 10.2 Å². The molecule has 0 aliphatic carbocycles. The highest BCUT2D eigenvalue weighted by Crippen LogP contribution is 2.26. The van der Waals surface area contributed by atoms with Gasteiger partial charge in [-0.1, -0.05) is 74.5 Å². The summed E-state index contributed by atoms with van der Waals surface area (Å²) < 4.78 is 0. The summed E-state index contributed by atoms with van der Waals surface area (Å²) in [4.78, 5) is 37.9. The summed E-state index contributed by atoms with van der Waals surface area (Å²) in [6.45, 7) is 10.4. The van der Waals surface area contributed by atoms with Gasteiger partial charge in [-0.05, 0) is 18.9 Å². The maximum Gasteiger partial charge on any atom is 0.230 e. The van der Waals surface area contributed by atoms with Gasteiger partial charge in [-0.3, -0.25) is 9.59 Å². The Morgan fingerprint density at radius 2 is 1.91 bits per heavy atom. The number of hydrogen-bond donors (Lipinski definition) is 1. The molecule has 1 fully saturated rings. The van der Waals surface area contributed by atoms with Crippen molar-refractivity contribution in [2.24, 2.45) is 5.41 Å². The first-order chi connectivity index (χ1) is 15.6. The zero-order chi connectivity index (χ0) is 24.0. The Kier molecular flexibility index (Phi) is 8.59. The van der Waals surface area contributed by atoms with Crippen molar-refractivity contribution >= 4 is 41.0 Å². The molecule has 3 rings (SSSR count). The van der Waals surface area contributed by atoms with Crippen LogP contribution in [0.1, 0.15) is 33.3 Å². The Hall–Kier alpha value is -2.32. The fourth-order valence-corrected chi connectivity index (χ4v) is 4.59. The first-order valence-electron chi connectivity index (χ1n) is 11.2. The van der Waals surface area contributed by atoms with Crippen LogP contribution in [0.2, 0.25) is 5.15 Å². The number of thioether (sulfide) groups is 1. The highest BCUT2D eigenvalue weighted by Gasteiger charge is 2.34. The second-order valence-electron chi connectivity index (χ2n) is 9.25. The summed E-state index contributed by atoms with van der Waals surface area (Å²) in [6.07, 6.45) is 0.789. The molecule has 1 saturated heterocycles. The molecular formula is C24H32ClN5O2S. The predicted molar refractivity (Wildman–Crippen MR) is 134 cm³/mol. The molecule has 178 valence electrons. The molecule has 0 saturated carbocycles. The van der Waals surface area contributed by atoms with Crippen LogP contribution in [0.4, 0.5) is 5.82 Å². The lowest BCUT2D eigenvalue weighted by Crippen LogP contribution is -2.56. The van der Waals surface area contributed by atoms with Gasteiger partial charge in [0.25, 0.3) is 0 Å². The van der Waals surface area contributed by atoms with E-state index in [4.69, 9.17) is 11.6 Å². The van der Waals surface area contributed by atoms with E-state index in [1.54, 1.807) is 6.07 Å². The van der Waals surface area contributed by atoms with Gasteiger partial charge in [0.1, 0.15) is 11.0 Å². The molecule has 1 aliphatic heterocycles. The summed E-state index contributed by atoms with van der Waals surface area (Å²) in [7, 11) is 0. The number of hydrogen-bond acceptors (Lipinski definition) is 6. The maximum absolute atomic E-state index is 12.7. The van der Waals surface area contributed by atoms with Gasteiger partial charge in [0, 0.05) is 43.7 Å². The molecule has 1 N–H and O–H groups in total. The van der Waals surface area contributed by atoms with Crippen molar-refractivity contribution in [2.75, 3.05) is 36.8 Å². The van der Waals surface area contributed by atoms with Gasteiger partial charge >= 0.3 is 0 Å². The number of carbonyl (C=O) groups excluding carboxylic acids is 2. The number of aromatic nitrogens is 2. The molecule has 1 aliphatic rings. The molecular weight excluding hydrogens is 458 g/mol. The molecule has 33 heavy (non-hydrogen) atoms. The van der Waals surface area contributed by atoms with Crippen molar-refractivity contribution < 1.29 is 9.59 Å². The number of rotatable bonds is 7. The standard InChI is InChI=1S/C24H32ClN5O2S/c1-17-15-29(12-13-30(17)22(32)24(2,3)4)20-14-19(25)27-23(28-20)33-16-21(31)26-11-10-18-8-6-5-7-9-18/h5-9,14,17H,10-13,15-16H2,1-4H3,(H,26,31). The third-order valence-corrected chi connectivity index (χ3v) is 6.47. The van der Waals surface area contributed by atoms with Crippen LogP contribution in [-0.2, 0) is 16.0 Å². The van der Waals surface area contributed by atoms with Crippen molar-refractivity contribution in [1.82, 2.24) is 20.2 Å². The number of anilines is 1. The minimum Gasteiger partial charge on any atom is -0.355 e. The minimum absolute atomic E-state index is 0.0608. The molecule has 2 heterocycles. The molecule has 0 radical (unpaired) electrons. The van der Waals surface area contributed by atoms with E-state index in [9.17, 15) is 9.59 Å². The SMILES string of the molecule is CC1CN(c2cc(Cl)nc(SCC(=O)NCCc3ccccc3)n2)CCN1C(=O)C(C)(C)C. The van der Waals surface area contributed by atoms with Gasteiger partial charge in [0.2, 0.25) is 11.8 Å². The molecule has 0 spiro atoms. The van der Waals surface area contributed by atoms with E-state index in [1.165, 1.54) is 17.3 Å².